The molecule has 0 N–H and O–H groups in total. The maximum atomic E-state index is 6.50. The summed E-state index contributed by atoms with van der Waals surface area (Å²) < 4.78 is 0. The molecule has 0 radical (unpaired) electrons. The van der Waals surface area contributed by atoms with Crippen LogP contribution in [0.25, 0.3) is 0 Å². The van der Waals surface area contributed by atoms with E-state index in [0.29, 0.717) is 0 Å². The number of nitriles is 1. The van der Waals surface area contributed by atoms with Gasteiger partial charge >= 0.3 is 0 Å². The van der Waals surface area contributed by atoms with Crippen LogP contribution in [-0.4, -0.2) is 0 Å². The topological polar surface area (TPSA) is 23.8 Å². The Hall–Kier alpha value is -3.84. The zero-order valence-corrected chi connectivity index (χ0v) is 25.3. The van der Waals surface area contributed by atoms with Crippen molar-refractivity contribution < 1.29 is 16.5 Å². The Kier molecular flexibility index (Phi) is 13.7. The number of benzene rings is 6. The Balaban J connectivity index is 0.000000208. The summed E-state index contributed by atoms with van der Waals surface area (Å²) in [7, 11) is -0.892. The average molecular weight is 610 g/mol. The van der Waals surface area contributed by atoms with Crippen molar-refractivity contribution in [3.63, 3.8) is 0 Å². The van der Waals surface area contributed by atoms with Crippen LogP contribution in [0.15, 0.2) is 182 Å². The molecule has 0 atom stereocenters. The molecule has 0 bridgehead atoms. The quantitative estimate of drug-likeness (QED) is 0.147. The van der Waals surface area contributed by atoms with Crippen LogP contribution in [0.1, 0.15) is 0 Å². The van der Waals surface area contributed by atoms with E-state index in [2.05, 4.69) is 189 Å². The Labute approximate surface area is 257 Å². The van der Waals surface area contributed by atoms with Crippen molar-refractivity contribution in [2.24, 2.45) is 0 Å². The van der Waals surface area contributed by atoms with Crippen LogP contribution < -0.4 is 31.8 Å². The van der Waals surface area contributed by atoms with Gasteiger partial charge in [-0.3, -0.25) is 0 Å². The van der Waals surface area contributed by atoms with Crippen molar-refractivity contribution in [1.82, 2.24) is 0 Å². The standard InChI is InChI=1S/2C18H15P.CHN.Ni/c2*1-4-10-16(11-5-1)19(17-12-6-2-7-13-17)18-14-8-3-9-15-18;1-2;/h2*1-15H;1H;. The molecule has 0 amide bonds. The first kappa shape index (κ1) is 31.7. The van der Waals surface area contributed by atoms with E-state index in [0.717, 1.165) is 0 Å². The molecule has 1 nitrogen and oxygen atoms in total. The summed E-state index contributed by atoms with van der Waals surface area (Å²) in [6.45, 7) is 3.50. The Morgan fingerprint density at radius 1 is 0.268 bits per heavy atom. The molecule has 0 heterocycles. The fourth-order valence-corrected chi connectivity index (χ4v) is 8.97. The van der Waals surface area contributed by atoms with Gasteiger partial charge in [0.2, 0.25) is 0 Å². The van der Waals surface area contributed by atoms with Gasteiger partial charge in [0.25, 0.3) is 0 Å². The first-order valence-electron chi connectivity index (χ1n) is 13.1. The molecule has 0 aromatic heterocycles. The molecule has 0 spiro atoms. The molecular weight excluding hydrogens is 579 g/mol. The van der Waals surface area contributed by atoms with Crippen LogP contribution in [0.3, 0.4) is 0 Å². The second-order valence-electron chi connectivity index (χ2n) is 8.68. The molecule has 0 saturated carbocycles. The number of hydrogen-bond donors (Lipinski definition) is 0. The van der Waals surface area contributed by atoms with Gasteiger partial charge < -0.3 is 0 Å². The van der Waals surface area contributed by atoms with Gasteiger partial charge in [-0.25, -0.2) is 5.26 Å². The monoisotopic (exact) mass is 609 g/mol. The molecule has 0 unspecified atom stereocenters. The fraction of sp³-hybridized carbons (Fsp3) is 0. The molecule has 6 aromatic rings. The van der Waals surface area contributed by atoms with Gasteiger partial charge in [-0.2, -0.15) is 0 Å². The molecule has 0 fully saturated rings. The number of nitrogens with zero attached hydrogens (tertiary/aromatic N) is 1. The normalized spacial score (nSPS) is 9.85. The van der Waals surface area contributed by atoms with Crippen LogP contribution in [0.4, 0.5) is 0 Å². The van der Waals surface area contributed by atoms with E-state index in [9.17, 15) is 0 Å². The minimum Gasteiger partial charge on any atom is -0.202 e. The molecule has 0 aliphatic rings. The third kappa shape index (κ3) is 9.08. The minimum absolute atomic E-state index is 0. The van der Waals surface area contributed by atoms with Crippen LogP contribution in [-0.2, 0) is 16.5 Å². The summed E-state index contributed by atoms with van der Waals surface area (Å²) in [4.78, 5) is 0. The van der Waals surface area contributed by atoms with E-state index >= 15 is 0 Å². The summed E-state index contributed by atoms with van der Waals surface area (Å²) >= 11 is 0. The van der Waals surface area contributed by atoms with Gasteiger partial charge in [0, 0.05) is 23.1 Å². The van der Waals surface area contributed by atoms with E-state index in [1.165, 1.54) is 31.8 Å². The maximum absolute atomic E-state index is 6.50. The molecule has 204 valence electrons. The third-order valence-electron chi connectivity index (χ3n) is 6.09. The van der Waals surface area contributed by atoms with Crippen molar-refractivity contribution in [2.45, 2.75) is 0 Å². The number of hydrogen-bond acceptors (Lipinski definition) is 1. The van der Waals surface area contributed by atoms with Gasteiger partial charge in [0.05, 0.1) is 0 Å². The van der Waals surface area contributed by atoms with Crippen molar-refractivity contribution >= 4 is 47.7 Å². The van der Waals surface area contributed by atoms with E-state index in [-0.39, 0.29) is 16.5 Å². The summed E-state index contributed by atoms with van der Waals surface area (Å²) in [5.74, 6) is 0. The number of rotatable bonds is 6. The van der Waals surface area contributed by atoms with Crippen molar-refractivity contribution in [2.75, 3.05) is 0 Å². The van der Waals surface area contributed by atoms with Crippen LogP contribution >= 0.6 is 15.8 Å². The summed E-state index contributed by atoms with van der Waals surface area (Å²) in [6, 6.07) is 64.7. The van der Waals surface area contributed by atoms with E-state index in [1.54, 1.807) is 0 Å². The summed E-state index contributed by atoms with van der Waals surface area (Å²) in [6.07, 6.45) is 0. The SMILES string of the molecule is C#N.[Ni].c1ccc(P(c2ccccc2)c2ccccc2)cc1.c1ccc(P(c2ccccc2)c2ccccc2)cc1. The largest absolute Gasteiger partial charge is 0.202 e. The van der Waals surface area contributed by atoms with E-state index in [1.807, 2.05) is 0 Å². The molecular formula is C37H31NNiP2. The van der Waals surface area contributed by atoms with E-state index in [4.69, 9.17) is 5.26 Å². The fourth-order valence-electron chi connectivity index (χ4n) is 4.36. The molecule has 6 aromatic carbocycles. The Morgan fingerprint density at radius 3 is 0.512 bits per heavy atom. The van der Waals surface area contributed by atoms with Crippen molar-refractivity contribution in [3.05, 3.63) is 182 Å². The molecule has 0 saturated heterocycles. The molecule has 41 heavy (non-hydrogen) atoms. The second kappa shape index (κ2) is 17.8. The minimum atomic E-state index is -0.446. The summed E-state index contributed by atoms with van der Waals surface area (Å²) in [5.41, 5.74) is 0. The van der Waals surface area contributed by atoms with Gasteiger partial charge in [0.1, 0.15) is 0 Å². The van der Waals surface area contributed by atoms with Crippen LogP contribution in [0.5, 0.6) is 0 Å². The zero-order chi connectivity index (χ0) is 27.8. The van der Waals surface area contributed by atoms with Gasteiger partial charge in [-0.1, -0.05) is 182 Å². The first-order valence-corrected chi connectivity index (χ1v) is 15.7. The predicted molar refractivity (Wildman–Crippen MR) is 177 cm³/mol. The molecule has 0 aliphatic carbocycles. The van der Waals surface area contributed by atoms with Crippen LogP contribution in [0, 0.1) is 11.8 Å². The van der Waals surface area contributed by atoms with Crippen LogP contribution in [0.2, 0.25) is 0 Å². The third-order valence-corrected chi connectivity index (χ3v) is 11.0. The molecule has 4 heteroatoms. The Bertz CT molecular complexity index is 1220. The van der Waals surface area contributed by atoms with Gasteiger partial charge in [-0.15, -0.1) is 0 Å². The van der Waals surface area contributed by atoms with Gasteiger partial charge in [-0.05, 0) is 47.7 Å². The average Bonchev–Trinajstić information content (AvgIpc) is 3.06. The molecule has 6 rings (SSSR count). The second-order valence-corrected chi connectivity index (χ2v) is 13.1. The maximum Gasteiger partial charge on any atom is 0.0462 e. The first-order chi connectivity index (χ1) is 19.9. The smallest absolute Gasteiger partial charge is 0.0462 e. The summed E-state index contributed by atoms with van der Waals surface area (Å²) in [5, 5.41) is 14.9. The van der Waals surface area contributed by atoms with Crippen molar-refractivity contribution in [1.29, 1.82) is 5.26 Å². The van der Waals surface area contributed by atoms with Crippen molar-refractivity contribution in [3.8, 4) is 6.57 Å². The Morgan fingerprint density at radius 2 is 0.390 bits per heavy atom. The predicted octanol–water partition coefficient (Wildman–Crippen LogP) is 7.03. The van der Waals surface area contributed by atoms with Gasteiger partial charge in [0.15, 0.2) is 0 Å². The zero-order valence-electron chi connectivity index (χ0n) is 22.6. The van der Waals surface area contributed by atoms with E-state index < -0.39 is 15.8 Å². The molecule has 0 aliphatic heterocycles.